The van der Waals surface area contributed by atoms with Gasteiger partial charge in [-0.15, -0.1) is 0 Å². The number of nitrogens with zero attached hydrogens (tertiary/aromatic N) is 2. The van der Waals surface area contributed by atoms with Crippen LogP contribution in [0.5, 0.6) is 0 Å². The molecule has 1 saturated heterocycles. The summed E-state index contributed by atoms with van der Waals surface area (Å²) in [5.74, 6) is -1.61. The summed E-state index contributed by atoms with van der Waals surface area (Å²) in [4.78, 5) is 36.5. The number of rotatable bonds is 4. The van der Waals surface area contributed by atoms with Gasteiger partial charge in [0.2, 0.25) is 0 Å². The molecule has 2 heterocycles. The number of amides is 4. The maximum absolute atomic E-state index is 13.9. The maximum atomic E-state index is 13.9. The van der Waals surface area contributed by atoms with Gasteiger partial charge in [-0.05, 0) is 43.7 Å². The van der Waals surface area contributed by atoms with Crippen molar-refractivity contribution in [1.29, 1.82) is 0 Å². The van der Waals surface area contributed by atoms with Crippen molar-refractivity contribution in [2.24, 2.45) is 0 Å². The first-order valence-electron chi connectivity index (χ1n) is 9.77. The quantitative estimate of drug-likeness (QED) is 0.522. The highest BCUT2D eigenvalue weighted by Crippen LogP contribution is 2.34. The third-order valence-electron chi connectivity index (χ3n) is 5.30. The molecule has 1 atom stereocenters. The zero-order valence-corrected chi connectivity index (χ0v) is 17.4. The molecule has 11 heteroatoms. The summed E-state index contributed by atoms with van der Waals surface area (Å²) in [5, 5.41) is 10.8. The molecule has 8 nitrogen and oxygen atoms in total. The fraction of sp³-hybridized carbons (Fsp3) is 0.182. The van der Waals surface area contributed by atoms with Gasteiger partial charge in [-0.25, -0.2) is 9.48 Å². The molecule has 1 fully saturated rings. The fourth-order valence-electron chi connectivity index (χ4n) is 3.52. The highest BCUT2D eigenvalue weighted by atomic mass is 19.4. The molecule has 1 aliphatic heterocycles. The third-order valence-corrected chi connectivity index (χ3v) is 5.30. The van der Waals surface area contributed by atoms with Crippen LogP contribution in [0, 0.1) is 6.92 Å². The van der Waals surface area contributed by atoms with Gasteiger partial charge in [0.05, 0.1) is 17.4 Å². The molecule has 1 aliphatic rings. The van der Waals surface area contributed by atoms with Crippen molar-refractivity contribution < 1.29 is 27.6 Å². The molecule has 170 valence electrons. The molecule has 0 bridgehead atoms. The first-order chi connectivity index (χ1) is 15.5. The van der Waals surface area contributed by atoms with Gasteiger partial charge in [-0.3, -0.25) is 14.9 Å². The Bertz CT molecular complexity index is 1270. The lowest BCUT2D eigenvalue weighted by atomic mass is 9.92. The summed E-state index contributed by atoms with van der Waals surface area (Å²) in [7, 11) is 0. The Kier molecular flexibility index (Phi) is 5.19. The van der Waals surface area contributed by atoms with Crippen molar-refractivity contribution in [3.8, 4) is 5.69 Å². The number of carbonyl (C=O) groups excluding carboxylic acids is 3. The van der Waals surface area contributed by atoms with Gasteiger partial charge in [0.15, 0.2) is 5.69 Å². The minimum Gasteiger partial charge on any atom is -0.322 e. The minimum atomic E-state index is -4.85. The number of aryl methyl sites for hydroxylation is 1. The zero-order chi connectivity index (χ0) is 24.0. The molecule has 0 saturated carbocycles. The molecule has 1 unspecified atom stereocenters. The Morgan fingerprint density at radius 1 is 1.12 bits per heavy atom. The molecule has 4 amide bonds. The predicted octanol–water partition coefficient (Wildman–Crippen LogP) is 3.51. The van der Waals surface area contributed by atoms with Crippen LogP contribution in [-0.2, 0) is 16.5 Å². The predicted molar refractivity (Wildman–Crippen MR) is 112 cm³/mol. The average molecular weight is 457 g/mol. The largest absolute Gasteiger partial charge is 0.434 e. The van der Waals surface area contributed by atoms with E-state index in [1.54, 1.807) is 25.1 Å². The highest BCUT2D eigenvalue weighted by molar-refractivity contribution is 6.08. The molecule has 0 radical (unpaired) electrons. The lowest BCUT2D eigenvalue weighted by molar-refractivity contribution is -0.143. The van der Waals surface area contributed by atoms with E-state index in [4.69, 9.17) is 0 Å². The monoisotopic (exact) mass is 457 g/mol. The number of carbonyl (C=O) groups is 3. The molecule has 2 aromatic carbocycles. The SMILES string of the molecule is Cc1ccc(-n2ncc(C(=O)Nc3cccc(C4(C)NC(=O)NC4=O)c3)c2C(F)(F)F)cc1. The molecule has 4 rings (SSSR count). The number of urea groups is 1. The van der Waals surface area contributed by atoms with Gasteiger partial charge in [0.1, 0.15) is 5.54 Å². The van der Waals surface area contributed by atoms with Crippen LogP contribution in [0.2, 0.25) is 0 Å². The molecular weight excluding hydrogens is 439 g/mol. The van der Waals surface area contributed by atoms with Gasteiger partial charge in [-0.1, -0.05) is 29.8 Å². The van der Waals surface area contributed by atoms with Crippen molar-refractivity contribution in [2.45, 2.75) is 25.6 Å². The lowest BCUT2D eigenvalue weighted by Crippen LogP contribution is -2.40. The summed E-state index contributed by atoms with van der Waals surface area (Å²) in [6.07, 6.45) is -4.00. The molecule has 33 heavy (non-hydrogen) atoms. The number of anilines is 1. The Hall–Kier alpha value is -4.15. The molecule has 1 aromatic heterocycles. The Morgan fingerprint density at radius 3 is 2.42 bits per heavy atom. The Balaban J connectivity index is 1.67. The van der Waals surface area contributed by atoms with E-state index in [1.165, 1.54) is 37.3 Å². The van der Waals surface area contributed by atoms with Crippen LogP contribution >= 0.6 is 0 Å². The van der Waals surface area contributed by atoms with E-state index in [9.17, 15) is 27.6 Å². The number of nitrogens with one attached hydrogen (secondary N) is 3. The summed E-state index contributed by atoms with van der Waals surface area (Å²) in [5.41, 5.74) is -1.76. The zero-order valence-electron chi connectivity index (χ0n) is 17.4. The topological polar surface area (TPSA) is 105 Å². The van der Waals surface area contributed by atoms with E-state index < -0.39 is 40.8 Å². The van der Waals surface area contributed by atoms with Crippen molar-refractivity contribution in [3.63, 3.8) is 0 Å². The first-order valence-corrected chi connectivity index (χ1v) is 9.77. The van der Waals surface area contributed by atoms with Crippen molar-refractivity contribution in [1.82, 2.24) is 20.4 Å². The van der Waals surface area contributed by atoms with E-state index in [0.29, 0.717) is 10.2 Å². The van der Waals surface area contributed by atoms with E-state index in [0.717, 1.165) is 11.8 Å². The average Bonchev–Trinajstić information content (AvgIpc) is 3.30. The van der Waals surface area contributed by atoms with Crippen LogP contribution in [0.25, 0.3) is 5.69 Å². The Labute approximate surface area is 185 Å². The van der Waals surface area contributed by atoms with Crippen LogP contribution in [0.4, 0.5) is 23.7 Å². The van der Waals surface area contributed by atoms with Crippen molar-refractivity contribution in [3.05, 3.63) is 77.1 Å². The second kappa shape index (κ2) is 7.76. The number of hydrogen-bond acceptors (Lipinski definition) is 4. The van der Waals surface area contributed by atoms with Crippen LogP contribution in [0.15, 0.2) is 54.7 Å². The summed E-state index contributed by atoms with van der Waals surface area (Å²) >= 11 is 0. The van der Waals surface area contributed by atoms with E-state index in [1.807, 2.05) is 0 Å². The number of imide groups is 1. The van der Waals surface area contributed by atoms with Gasteiger partial charge < -0.3 is 10.6 Å². The standard InChI is InChI=1S/C22H18F3N5O3/c1-12-6-8-15(9-7-12)30-17(22(23,24)25)16(11-26-30)18(31)27-14-5-3-4-13(10-14)21(2)19(32)28-20(33)29-21/h3-11H,1-2H3,(H,27,31)(H2,28,29,32,33). The van der Waals surface area contributed by atoms with Gasteiger partial charge in [-0.2, -0.15) is 18.3 Å². The van der Waals surface area contributed by atoms with E-state index in [2.05, 4.69) is 21.0 Å². The van der Waals surface area contributed by atoms with E-state index >= 15 is 0 Å². The van der Waals surface area contributed by atoms with Crippen molar-refractivity contribution >= 4 is 23.5 Å². The Morgan fingerprint density at radius 2 is 1.82 bits per heavy atom. The smallest absolute Gasteiger partial charge is 0.322 e. The molecule has 0 aliphatic carbocycles. The third kappa shape index (κ3) is 4.04. The highest BCUT2D eigenvalue weighted by Gasteiger charge is 2.44. The van der Waals surface area contributed by atoms with Crippen LogP contribution in [0.1, 0.15) is 34.1 Å². The lowest BCUT2D eigenvalue weighted by Gasteiger charge is -2.21. The number of hydrogen-bond donors (Lipinski definition) is 3. The summed E-state index contributed by atoms with van der Waals surface area (Å²) < 4.78 is 42.3. The maximum Gasteiger partial charge on any atom is 0.434 e. The summed E-state index contributed by atoms with van der Waals surface area (Å²) in [6.45, 7) is 3.27. The molecule has 3 N–H and O–H groups in total. The number of benzene rings is 2. The summed E-state index contributed by atoms with van der Waals surface area (Å²) in [6, 6.07) is 11.5. The number of halogens is 3. The van der Waals surface area contributed by atoms with Gasteiger partial charge in [0, 0.05) is 5.69 Å². The van der Waals surface area contributed by atoms with E-state index in [-0.39, 0.29) is 11.4 Å². The number of alkyl halides is 3. The second-order valence-corrected chi connectivity index (χ2v) is 7.72. The van der Waals surface area contributed by atoms with Crippen LogP contribution in [0.3, 0.4) is 0 Å². The molecule has 3 aromatic rings. The van der Waals surface area contributed by atoms with Gasteiger partial charge >= 0.3 is 12.2 Å². The second-order valence-electron chi connectivity index (χ2n) is 7.72. The van der Waals surface area contributed by atoms with Crippen LogP contribution in [-0.4, -0.2) is 27.6 Å². The first kappa shape index (κ1) is 22.1. The number of aromatic nitrogens is 2. The minimum absolute atomic E-state index is 0.142. The normalized spacial score (nSPS) is 18.1. The van der Waals surface area contributed by atoms with Gasteiger partial charge in [0.25, 0.3) is 11.8 Å². The molecular formula is C22H18F3N5O3. The van der Waals surface area contributed by atoms with Crippen molar-refractivity contribution in [2.75, 3.05) is 5.32 Å². The molecule has 0 spiro atoms. The fourth-order valence-corrected chi connectivity index (χ4v) is 3.52. The van der Waals surface area contributed by atoms with Crippen LogP contribution < -0.4 is 16.0 Å².